The fourth-order valence-electron chi connectivity index (χ4n) is 1.91. The van der Waals surface area contributed by atoms with Gasteiger partial charge in [0.2, 0.25) is 0 Å². The van der Waals surface area contributed by atoms with Gasteiger partial charge in [-0.1, -0.05) is 18.2 Å². The number of benzene rings is 2. The molecule has 0 aliphatic carbocycles. The molecule has 2 N–H and O–H groups in total. The normalized spacial score (nSPS) is 11.4. The van der Waals surface area contributed by atoms with Gasteiger partial charge in [-0.3, -0.25) is 0 Å². The van der Waals surface area contributed by atoms with E-state index < -0.39 is 9.84 Å². The molecule has 0 heterocycles. The van der Waals surface area contributed by atoms with Crippen LogP contribution in [-0.2, 0) is 9.84 Å². The number of hydrogen-bond donors (Lipinski definition) is 1. The van der Waals surface area contributed by atoms with Crippen molar-refractivity contribution in [2.24, 2.45) is 0 Å². The smallest absolute Gasteiger partial charge is 0.175 e. The van der Waals surface area contributed by atoms with E-state index in [-0.39, 0.29) is 0 Å². The molecule has 0 aliphatic heterocycles. The molecule has 0 atom stereocenters. The first kappa shape index (κ1) is 12.6. The minimum atomic E-state index is -3.18. The third-order valence-corrected chi connectivity index (χ3v) is 3.93. The van der Waals surface area contributed by atoms with Gasteiger partial charge in [0.1, 0.15) is 0 Å². The maximum atomic E-state index is 11.5. The summed E-state index contributed by atoms with van der Waals surface area (Å²) in [6, 6.07) is 12.5. The average molecular weight is 261 g/mol. The SMILES string of the molecule is Cc1cc(N)ccc1-c1cccc(S(C)(=O)=O)c1. The van der Waals surface area contributed by atoms with E-state index in [2.05, 4.69) is 0 Å². The van der Waals surface area contributed by atoms with E-state index in [0.717, 1.165) is 16.7 Å². The number of aryl methyl sites for hydroxylation is 1. The van der Waals surface area contributed by atoms with Gasteiger partial charge in [-0.25, -0.2) is 8.42 Å². The Bertz CT molecular complexity index is 691. The second-order valence-electron chi connectivity index (χ2n) is 4.37. The van der Waals surface area contributed by atoms with Gasteiger partial charge in [0.25, 0.3) is 0 Å². The highest BCUT2D eigenvalue weighted by Gasteiger charge is 2.09. The lowest BCUT2D eigenvalue weighted by Crippen LogP contribution is -1.97. The Kier molecular flexibility index (Phi) is 3.13. The second-order valence-corrected chi connectivity index (χ2v) is 6.39. The molecule has 0 fully saturated rings. The summed E-state index contributed by atoms with van der Waals surface area (Å²) in [5, 5.41) is 0. The van der Waals surface area contributed by atoms with Gasteiger partial charge in [-0.05, 0) is 47.9 Å². The standard InChI is InChI=1S/C14H15NO2S/c1-10-8-12(15)6-7-14(10)11-4-3-5-13(9-11)18(2,16)17/h3-9H,15H2,1-2H3. The van der Waals surface area contributed by atoms with Gasteiger partial charge in [0, 0.05) is 11.9 Å². The molecular formula is C14H15NO2S. The Morgan fingerprint density at radius 3 is 2.39 bits per heavy atom. The molecular weight excluding hydrogens is 246 g/mol. The lowest BCUT2D eigenvalue weighted by atomic mass is 10.0. The van der Waals surface area contributed by atoms with E-state index in [1.54, 1.807) is 18.2 Å². The number of rotatable bonds is 2. The van der Waals surface area contributed by atoms with E-state index >= 15 is 0 Å². The molecule has 2 rings (SSSR count). The van der Waals surface area contributed by atoms with Crippen LogP contribution in [0.25, 0.3) is 11.1 Å². The number of anilines is 1. The van der Waals surface area contributed by atoms with Crippen molar-refractivity contribution in [1.82, 2.24) is 0 Å². The van der Waals surface area contributed by atoms with Crippen molar-refractivity contribution >= 4 is 15.5 Å². The molecule has 0 saturated heterocycles. The molecule has 18 heavy (non-hydrogen) atoms. The molecule has 94 valence electrons. The maximum Gasteiger partial charge on any atom is 0.175 e. The fraction of sp³-hybridized carbons (Fsp3) is 0.143. The van der Waals surface area contributed by atoms with Crippen LogP contribution in [0.15, 0.2) is 47.4 Å². The van der Waals surface area contributed by atoms with Gasteiger partial charge >= 0.3 is 0 Å². The third-order valence-electron chi connectivity index (χ3n) is 2.82. The van der Waals surface area contributed by atoms with Crippen molar-refractivity contribution in [3.63, 3.8) is 0 Å². The minimum Gasteiger partial charge on any atom is -0.399 e. The largest absolute Gasteiger partial charge is 0.399 e. The topological polar surface area (TPSA) is 60.2 Å². The Hall–Kier alpha value is -1.81. The van der Waals surface area contributed by atoms with Crippen LogP contribution in [0.3, 0.4) is 0 Å². The van der Waals surface area contributed by atoms with Crippen LogP contribution < -0.4 is 5.73 Å². The van der Waals surface area contributed by atoms with Gasteiger partial charge in [-0.2, -0.15) is 0 Å². The number of nitrogens with two attached hydrogens (primary N) is 1. The second kappa shape index (κ2) is 4.46. The van der Waals surface area contributed by atoms with Crippen molar-refractivity contribution in [2.45, 2.75) is 11.8 Å². The molecule has 0 amide bonds. The molecule has 2 aromatic carbocycles. The highest BCUT2D eigenvalue weighted by molar-refractivity contribution is 7.90. The van der Waals surface area contributed by atoms with Crippen LogP contribution >= 0.6 is 0 Å². The first-order valence-electron chi connectivity index (χ1n) is 5.54. The molecule has 0 radical (unpaired) electrons. The zero-order chi connectivity index (χ0) is 13.3. The summed E-state index contributed by atoms with van der Waals surface area (Å²) in [6.45, 7) is 1.96. The van der Waals surface area contributed by atoms with Gasteiger partial charge in [0.05, 0.1) is 4.90 Å². The Labute approximate surface area is 107 Å². The van der Waals surface area contributed by atoms with E-state index in [9.17, 15) is 8.42 Å². The van der Waals surface area contributed by atoms with Crippen LogP contribution in [0.5, 0.6) is 0 Å². The van der Waals surface area contributed by atoms with Crippen LogP contribution in [0.4, 0.5) is 5.69 Å². The van der Waals surface area contributed by atoms with Crippen molar-refractivity contribution in [2.75, 3.05) is 12.0 Å². The lowest BCUT2D eigenvalue weighted by Gasteiger charge is -2.08. The van der Waals surface area contributed by atoms with E-state index in [1.807, 2.05) is 31.2 Å². The summed E-state index contributed by atoms with van der Waals surface area (Å²) < 4.78 is 23.1. The van der Waals surface area contributed by atoms with Crippen molar-refractivity contribution in [3.05, 3.63) is 48.0 Å². The average Bonchev–Trinajstić information content (AvgIpc) is 2.28. The molecule has 0 unspecified atom stereocenters. The zero-order valence-electron chi connectivity index (χ0n) is 10.3. The lowest BCUT2D eigenvalue weighted by molar-refractivity contribution is 0.602. The predicted octanol–water partition coefficient (Wildman–Crippen LogP) is 2.65. The number of hydrogen-bond acceptors (Lipinski definition) is 3. The quantitative estimate of drug-likeness (QED) is 0.845. The Balaban J connectivity index is 2.58. The van der Waals surface area contributed by atoms with Gasteiger partial charge in [-0.15, -0.1) is 0 Å². The monoisotopic (exact) mass is 261 g/mol. The van der Waals surface area contributed by atoms with E-state index in [4.69, 9.17) is 5.73 Å². The highest BCUT2D eigenvalue weighted by Crippen LogP contribution is 2.26. The van der Waals surface area contributed by atoms with E-state index in [0.29, 0.717) is 10.6 Å². The number of sulfone groups is 1. The predicted molar refractivity (Wildman–Crippen MR) is 74.1 cm³/mol. The summed E-state index contributed by atoms with van der Waals surface area (Å²) >= 11 is 0. The Morgan fingerprint density at radius 2 is 1.78 bits per heavy atom. The highest BCUT2D eigenvalue weighted by atomic mass is 32.2. The Morgan fingerprint density at radius 1 is 1.06 bits per heavy atom. The molecule has 3 nitrogen and oxygen atoms in total. The third kappa shape index (κ3) is 2.54. The molecule has 0 bridgehead atoms. The zero-order valence-corrected chi connectivity index (χ0v) is 11.2. The van der Waals surface area contributed by atoms with Crippen LogP contribution in [-0.4, -0.2) is 14.7 Å². The van der Waals surface area contributed by atoms with Gasteiger partial charge in [0.15, 0.2) is 9.84 Å². The summed E-state index contributed by atoms with van der Waals surface area (Å²) in [5.74, 6) is 0. The van der Waals surface area contributed by atoms with Crippen molar-refractivity contribution < 1.29 is 8.42 Å². The summed E-state index contributed by atoms with van der Waals surface area (Å²) in [7, 11) is -3.18. The molecule has 0 aliphatic rings. The molecule has 0 spiro atoms. The molecule has 0 saturated carbocycles. The van der Waals surface area contributed by atoms with E-state index in [1.165, 1.54) is 6.26 Å². The summed E-state index contributed by atoms with van der Waals surface area (Å²) in [4.78, 5) is 0.330. The van der Waals surface area contributed by atoms with Crippen LogP contribution in [0.2, 0.25) is 0 Å². The molecule has 4 heteroatoms. The molecule has 0 aromatic heterocycles. The first-order chi connectivity index (χ1) is 8.38. The first-order valence-corrected chi connectivity index (χ1v) is 7.44. The number of nitrogen functional groups attached to an aromatic ring is 1. The van der Waals surface area contributed by atoms with Crippen LogP contribution in [0.1, 0.15) is 5.56 Å². The summed E-state index contributed by atoms with van der Waals surface area (Å²) in [6.07, 6.45) is 1.21. The fourth-order valence-corrected chi connectivity index (χ4v) is 2.57. The minimum absolute atomic E-state index is 0.330. The molecule has 2 aromatic rings. The van der Waals surface area contributed by atoms with Crippen LogP contribution in [0, 0.1) is 6.92 Å². The summed E-state index contributed by atoms with van der Waals surface area (Å²) in [5.41, 5.74) is 9.32. The van der Waals surface area contributed by atoms with Gasteiger partial charge < -0.3 is 5.73 Å². The van der Waals surface area contributed by atoms with Crippen molar-refractivity contribution in [3.8, 4) is 11.1 Å². The maximum absolute atomic E-state index is 11.5. The van der Waals surface area contributed by atoms with Crippen molar-refractivity contribution in [1.29, 1.82) is 0 Å².